The standard InChI is InChI=1S/C14H19NO2.ClH/c1-17-14(16)13(11-7-3-2-4-8-11)12-9-5-6-10-15-12;/h2-4,7-8,12-13,15H,5-6,9-10H2,1H3;1H/t12-,13+;/m1./s1. The van der Waals surface area contributed by atoms with Crippen molar-refractivity contribution in [2.24, 2.45) is 0 Å². The van der Waals surface area contributed by atoms with Crippen molar-refractivity contribution in [1.29, 1.82) is 0 Å². The van der Waals surface area contributed by atoms with Gasteiger partial charge in [0.05, 0.1) is 13.0 Å². The summed E-state index contributed by atoms with van der Waals surface area (Å²) >= 11 is 0. The second-order valence-corrected chi connectivity index (χ2v) is 4.47. The van der Waals surface area contributed by atoms with Crippen LogP contribution in [0.5, 0.6) is 0 Å². The molecule has 0 unspecified atom stereocenters. The number of halogens is 1. The van der Waals surface area contributed by atoms with Gasteiger partial charge in [0.25, 0.3) is 0 Å². The van der Waals surface area contributed by atoms with Crippen LogP contribution in [-0.4, -0.2) is 25.7 Å². The van der Waals surface area contributed by atoms with E-state index in [9.17, 15) is 4.79 Å². The molecule has 1 aromatic rings. The van der Waals surface area contributed by atoms with Gasteiger partial charge in [-0.1, -0.05) is 36.8 Å². The fourth-order valence-corrected chi connectivity index (χ4v) is 2.48. The first kappa shape index (κ1) is 15.0. The third-order valence-electron chi connectivity index (χ3n) is 3.36. The van der Waals surface area contributed by atoms with Gasteiger partial charge in [0.2, 0.25) is 0 Å². The average molecular weight is 270 g/mol. The van der Waals surface area contributed by atoms with Crippen LogP contribution in [0.3, 0.4) is 0 Å². The molecule has 2 atom stereocenters. The molecule has 0 aliphatic carbocycles. The molecule has 18 heavy (non-hydrogen) atoms. The smallest absolute Gasteiger partial charge is 0.314 e. The summed E-state index contributed by atoms with van der Waals surface area (Å²) in [6, 6.07) is 10.1. The van der Waals surface area contributed by atoms with E-state index in [0.29, 0.717) is 0 Å². The lowest BCUT2D eigenvalue weighted by Crippen LogP contribution is -2.42. The maximum atomic E-state index is 11.9. The summed E-state index contributed by atoms with van der Waals surface area (Å²) in [5.74, 6) is -0.322. The predicted octanol–water partition coefficient (Wildman–Crippen LogP) is 2.51. The highest BCUT2D eigenvalue weighted by Gasteiger charge is 2.31. The van der Waals surface area contributed by atoms with Crippen LogP contribution in [0.25, 0.3) is 0 Å². The molecule has 0 radical (unpaired) electrons. The van der Waals surface area contributed by atoms with E-state index in [1.807, 2.05) is 30.3 Å². The minimum Gasteiger partial charge on any atom is -0.469 e. The van der Waals surface area contributed by atoms with Crippen molar-refractivity contribution in [2.75, 3.05) is 13.7 Å². The molecule has 2 rings (SSSR count). The maximum Gasteiger partial charge on any atom is 0.314 e. The molecule has 1 heterocycles. The zero-order valence-electron chi connectivity index (χ0n) is 10.6. The van der Waals surface area contributed by atoms with Gasteiger partial charge in [-0.15, -0.1) is 12.4 Å². The highest BCUT2D eigenvalue weighted by Crippen LogP contribution is 2.26. The second kappa shape index (κ2) is 7.39. The highest BCUT2D eigenvalue weighted by atomic mass is 35.5. The lowest BCUT2D eigenvalue weighted by atomic mass is 9.86. The van der Waals surface area contributed by atoms with Crippen LogP contribution in [0.1, 0.15) is 30.7 Å². The average Bonchev–Trinajstić information content (AvgIpc) is 2.41. The van der Waals surface area contributed by atoms with E-state index in [0.717, 1.165) is 18.5 Å². The summed E-state index contributed by atoms with van der Waals surface area (Å²) in [6.45, 7) is 0.991. The summed E-state index contributed by atoms with van der Waals surface area (Å²) in [5, 5.41) is 3.43. The lowest BCUT2D eigenvalue weighted by molar-refractivity contribution is -0.143. The van der Waals surface area contributed by atoms with Crippen molar-refractivity contribution in [2.45, 2.75) is 31.2 Å². The van der Waals surface area contributed by atoms with Gasteiger partial charge >= 0.3 is 5.97 Å². The molecule has 4 heteroatoms. The van der Waals surface area contributed by atoms with Crippen molar-refractivity contribution in [3.8, 4) is 0 Å². The first-order valence-corrected chi connectivity index (χ1v) is 6.19. The summed E-state index contributed by atoms with van der Waals surface area (Å²) in [5.41, 5.74) is 1.04. The molecule has 1 aliphatic rings. The highest BCUT2D eigenvalue weighted by molar-refractivity contribution is 5.85. The second-order valence-electron chi connectivity index (χ2n) is 4.47. The SMILES string of the molecule is COC(=O)[C@@H](c1ccccc1)[C@H]1CCCCN1.Cl. The number of hydrogen-bond donors (Lipinski definition) is 1. The minimum absolute atomic E-state index is 0. The van der Waals surface area contributed by atoms with Crippen LogP contribution < -0.4 is 5.32 Å². The number of ether oxygens (including phenoxy) is 1. The number of methoxy groups -OCH3 is 1. The fourth-order valence-electron chi connectivity index (χ4n) is 2.48. The van der Waals surface area contributed by atoms with E-state index in [2.05, 4.69) is 5.32 Å². The van der Waals surface area contributed by atoms with Gasteiger partial charge in [0.1, 0.15) is 0 Å². The molecule has 1 aliphatic heterocycles. The zero-order chi connectivity index (χ0) is 12.1. The first-order valence-electron chi connectivity index (χ1n) is 6.19. The molecule has 0 saturated carbocycles. The number of carbonyl (C=O) groups is 1. The predicted molar refractivity (Wildman–Crippen MR) is 74.1 cm³/mol. The Bertz CT molecular complexity index is 363. The van der Waals surface area contributed by atoms with E-state index in [1.165, 1.54) is 20.0 Å². The van der Waals surface area contributed by atoms with Crippen molar-refractivity contribution >= 4 is 18.4 Å². The topological polar surface area (TPSA) is 38.3 Å². The van der Waals surface area contributed by atoms with E-state index in [4.69, 9.17) is 4.74 Å². The fraction of sp³-hybridized carbons (Fsp3) is 0.500. The number of rotatable bonds is 3. The van der Waals surface area contributed by atoms with Crippen LogP contribution in [0.4, 0.5) is 0 Å². The van der Waals surface area contributed by atoms with Gasteiger partial charge in [-0.25, -0.2) is 0 Å². The van der Waals surface area contributed by atoms with Crippen LogP contribution >= 0.6 is 12.4 Å². The summed E-state index contributed by atoms with van der Waals surface area (Å²) in [4.78, 5) is 11.9. The zero-order valence-corrected chi connectivity index (χ0v) is 11.4. The molecular formula is C14H20ClNO2. The van der Waals surface area contributed by atoms with Crippen molar-refractivity contribution < 1.29 is 9.53 Å². The minimum atomic E-state index is -0.179. The Kier molecular flexibility index (Phi) is 6.16. The van der Waals surface area contributed by atoms with Crippen LogP contribution in [0.15, 0.2) is 30.3 Å². The van der Waals surface area contributed by atoms with Crippen LogP contribution in [0, 0.1) is 0 Å². The van der Waals surface area contributed by atoms with E-state index in [-0.39, 0.29) is 30.3 Å². The number of nitrogens with one attached hydrogen (secondary N) is 1. The summed E-state index contributed by atoms with van der Waals surface area (Å²) < 4.78 is 4.94. The Morgan fingerprint density at radius 3 is 2.61 bits per heavy atom. The molecule has 1 aromatic carbocycles. The number of piperidine rings is 1. The molecule has 0 bridgehead atoms. The van der Waals surface area contributed by atoms with Crippen molar-refractivity contribution in [1.82, 2.24) is 5.32 Å². The molecule has 0 spiro atoms. The Morgan fingerprint density at radius 1 is 1.33 bits per heavy atom. The van der Waals surface area contributed by atoms with Gasteiger partial charge in [-0.3, -0.25) is 4.79 Å². The Labute approximate surface area is 114 Å². The van der Waals surface area contributed by atoms with E-state index in [1.54, 1.807) is 0 Å². The molecule has 100 valence electrons. The van der Waals surface area contributed by atoms with Gasteiger partial charge < -0.3 is 10.1 Å². The Morgan fingerprint density at radius 2 is 2.06 bits per heavy atom. The number of benzene rings is 1. The molecule has 0 amide bonds. The third kappa shape index (κ3) is 3.47. The normalized spacial score (nSPS) is 20.6. The van der Waals surface area contributed by atoms with Gasteiger partial charge in [-0.2, -0.15) is 0 Å². The quantitative estimate of drug-likeness (QED) is 0.857. The third-order valence-corrected chi connectivity index (χ3v) is 3.36. The Balaban J connectivity index is 0.00000162. The van der Waals surface area contributed by atoms with Gasteiger partial charge in [0.15, 0.2) is 0 Å². The van der Waals surface area contributed by atoms with Crippen LogP contribution in [-0.2, 0) is 9.53 Å². The maximum absolute atomic E-state index is 11.9. The molecule has 3 nitrogen and oxygen atoms in total. The van der Waals surface area contributed by atoms with E-state index < -0.39 is 0 Å². The van der Waals surface area contributed by atoms with E-state index >= 15 is 0 Å². The molecule has 1 N–H and O–H groups in total. The van der Waals surface area contributed by atoms with Crippen molar-refractivity contribution in [3.63, 3.8) is 0 Å². The monoisotopic (exact) mass is 269 g/mol. The van der Waals surface area contributed by atoms with Crippen molar-refractivity contribution in [3.05, 3.63) is 35.9 Å². The largest absolute Gasteiger partial charge is 0.469 e. The summed E-state index contributed by atoms with van der Waals surface area (Å²) in [6.07, 6.45) is 3.41. The Hall–Kier alpha value is -1.06. The van der Waals surface area contributed by atoms with Gasteiger partial charge in [0, 0.05) is 6.04 Å². The molecule has 0 aromatic heterocycles. The molecule has 1 fully saturated rings. The van der Waals surface area contributed by atoms with Gasteiger partial charge in [-0.05, 0) is 24.9 Å². The first-order chi connectivity index (χ1) is 8.33. The number of esters is 1. The lowest BCUT2D eigenvalue weighted by Gasteiger charge is -2.29. The summed E-state index contributed by atoms with van der Waals surface area (Å²) in [7, 11) is 1.46. The molecule has 1 saturated heterocycles. The number of hydrogen-bond acceptors (Lipinski definition) is 3. The van der Waals surface area contributed by atoms with Crippen LogP contribution in [0.2, 0.25) is 0 Å². The number of carbonyl (C=O) groups excluding carboxylic acids is 1. The molecular weight excluding hydrogens is 250 g/mol.